The fourth-order valence-corrected chi connectivity index (χ4v) is 5.94. The van der Waals surface area contributed by atoms with Crippen LogP contribution in [0, 0.1) is 18.2 Å². The van der Waals surface area contributed by atoms with E-state index in [4.69, 9.17) is 4.98 Å². The Morgan fingerprint density at radius 1 is 0.824 bits per heavy atom. The first-order valence-corrected chi connectivity index (χ1v) is 11.9. The summed E-state index contributed by atoms with van der Waals surface area (Å²) < 4.78 is 17.6. The second-order valence-corrected chi connectivity index (χ2v) is 10.9. The summed E-state index contributed by atoms with van der Waals surface area (Å²) in [5.41, 5.74) is 6.75. The van der Waals surface area contributed by atoms with Crippen molar-refractivity contribution in [3.8, 4) is 0 Å². The number of fused-ring (bicyclic) bond motifs is 7. The van der Waals surface area contributed by atoms with Crippen molar-refractivity contribution in [3.63, 3.8) is 0 Å². The number of halogens is 1. The van der Waals surface area contributed by atoms with Gasteiger partial charge in [0.05, 0.1) is 22.1 Å². The van der Waals surface area contributed by atoms with E-state index in [0.29, 0.717) is 5.39 Å². The summed E-state index contributed by atoms with van der Waals surface area (Å²) in [6, 6.07) is 20.7. The number of benzene rings is 4. The highest BCUT2D eigenvalue weighted by Crippen LogP contribution is 2.44. The minimum Gasteiger partial charge on any atom is -0.307 e. The van der Waals surface area contributed by atoms with E-state index in [-0.39, 0.29) is 11.2 Å². The zero-order chi connectivity index (χ0) is 23.4. The second kappa shape index (κ2) is 6.44. The van der Waals surface area contributed by atoms with E-state index in [9.17, 15) is 0 Å². The summed E-state index contributed by atoms with van der Waals surface area (Å²) in [6.45, 7) is 8.99. The van der Waals surface area contributed by atoms with Crippen LogP contribution < -0.4 is 0 Å². The molecule has 0 aliphatic carbocycles. The Balaban J connectivity index is 1.90. The molecule has 0 bridgehead atoms. The smallest absolute Gasteiger partial charge is 0.133 e. The van der Waals surface area contributed by atoms with E-state index >= 15 is 4.39 Å². The summed E-state index contributed by atoms with van der Waals surface area (Å²) in [5.74, 6) is -0.178. The molecule has 0 saturated carbocycles. The van der Waals surface area contributed by atoms with E-state index in [0.717, 1.165) is 50.0 Å². The molecule has 34 heavy (non-hydrogen) atoms. The predicted molar refractivity (Wildman–Crippen MR) is 142 cm³/mol. The normalized spacial score (nSPS) is 13.0. The van der Waals surface area contributed by atoms with Gasteiger partial charge in [0.2, 0.25) is 0 Å². The average molecular weight is 445 g/mol. The molecular formula is C31H25FN2. The number of aromatic nitrogens is 2. The quantitative estimate of drug-likeness (QED) is 0.183. The van der Waals surface area contributed by atoms with Crippen molar-refractivity contribution in [1.29, 1.82) is 0 Å². The van der Waals surface area contributed by atoms with Crippen molar-refractivity contribution in [2.24, 2.45) is 5.41 Å². The number of rotatable bonds is 1. The third-order valence-electron chi connectivity index (χ3n) is 7.19. The summed E-state index contributed by atoms with van der Waals surface area (Å²) in [7, 11) is 0. The molecule has 3 heteroatoms. The fraction of sp³-hybridized carbons (Fsp3) is 0.194. The van der Waals surface area contributed by atoms with Gasteiger partial charge in [-0.05, 0) is 64.7 Å². The van der Waals surface area contributed by atoms with Crippen molar-refractivity contribution in [2.45, 2.75) is 34.1 Å². The van der Waals surface area contributed by atoms with Gasteiger partial charge in [0.25, 0.3) is 0 Å². The number of nitrogens with zero attached hydrogens (tertiary/aromatic N) is 2. The Kier molecular flexibility index (Phi) is 3.74. The van der Waals surface area contributed by atoms with Crippen LogP contribution in [0.3, 0.4) is 0 Å². The lowest BCUT2D eigenvalue weighted by Crippen LogP contribution is -2.11. The molecule has 3 heterocycles. The van der Waals surface area contributed by atoms with E-state index in [1.165, 1.54) is 21.9 Å². The van der Waals surface area contributed by atoms with Gasteiger partial charge >= 0.3 is 0 Å². The molecule has 0 amide bonds. The lowest BCUT2D eigenvalue weighted by Gasteiger charge is -2.23. The summed E-state index contributed by atoms with van der Waals surface area (Å²) in [4.78, 5) is 4.91. The number of hydrogen-bond acceptors (Lipinski definition) is 1. The molecule has 0 unspecified atom stereocenters. The van der Waals surface area contributed by atoms with Gasteiger partial charge in [-0.15, -0.1) is 0 Å². The molecule has 0 aliphatic heterocycles. The van der Waals surface area contributed by atoms with Crippen molar-refractivity contribution in [3.05, 3.63) is 83.8 Å². The van der Waals surface area contributed by atoms with Gasteiger partial charge < -0.3 is 4.40 Å². The third kappa shape index (κ3) is 2.53. The largest absolute Gasteiger partial charge is 0.307 e. The SMILES string of the molecule is Cc1ccc2c(CC(C)(C)C)c3c(cc2c1)c1nccc2ccc4c5c(F)cccc5n3c4c21. The summed E-state index contributed by atoms with van der Waals surface area (Å²) in [5, 5.41) is 7.50. The Labute approximate surface area is 197 Å². The Bertz CT molecular complexity index is 1940. The predicted octanol–water partition coefficient (Wildman–Crippen LogP) is 8.57. The van der Waals surface area contributed by atoms with Gasteiger partial charge in [-0.2, -0.15) is 0 Å². The van der Waals surface area contributed by atoms with E-state index in [1.54, 1.807) is 6.07 Å². The minimum atomic E-state index is -0.178. The van der Waals surface area contributed by atoms with Crippen LogP contribution in [0.1, 0.15) is 31.9 Å². The first-order valence-electron chi connectivity index (χ1n) is 11.9. The molecule has 0 radical (unpaired) electrons. The van der Waals surface area contributed by atoms with Crippen LogP contribution in [0.25, 0.3) is 59.8 Å². The van der Waals surface area contributed by atoms with Crippen molar-refractivity contribution < 1.29 is 4.39 Å². The van der Waals surface area contributed by atoms with Gasteiger partial charge in [0, 0.05) is 27.7 Å². The molecule has 3 aromatic heterocycles. The van der Waals surface area contributed by atoms with Gasteiger partial charge in [-0.1, -0.05) is 62.7 Å². The first kappa shape index (κ1) is 19.7. The summed E-state index contributed by atoms with van der Waals surface area (Å²) >= 11 is 0. The Morgan fingerprint density at radius 3 is 2.47 bits per heavy atom. The van der Waals surface area contributed by atoms with Gasteiger partial charge in [-0.3, -0.25) is 4.98 Å². The molecule has 7 rings (SSSR count). The first-order chi connectivity index (χ1) is 16.3. The second-order valence-electron chi connectivity index (χ2n) is 10.9. The summed E-state index contributed by atoms with van der Waals surface area (Å²) in [6.07, 6.45) is 2.81. The molecule has 166 valence electrons. The Morgan fingerprint density at radius 2 is 1.65 bits per heavy atom. The van der Waals surface area contributed by atoms with Crippen molar-refractivity contribution >= 4 is 59.8 Å². The van der Waals surface area contributed by atoms with Crippen LogP contribution in [0.2, 0.25) is 0 Å². The van der Waals surface area contributed by atoms with Crippen LogP contribution in [0.5, 0.6) is 0 Å². The minimum absolute atomic E-state index is 0.0800. The lowest BCUT2D eigenvalue weighted by atomic mass is 9.84. The fourth-order valence-electron chi connectivity index (χ4n) is 5.94. The highest BCUT2D eigenvalue weighted by atomic mass is 19.1. The number of hydrogen-bond donors (Lipinski definition) is 0. The molecule has 0 spiro atoms. The zero-order valence-electron chi connectivity index (χ0n) is 19.8. The van der Waals surface area contributed by atoms with Crippen LogP contribution in [-0.4, -0.2) is 9.38 Å². The number of aryl methyl sites for hydroxylation is 1. The van der Waals surface area contributed by atoms with Crippen molar-refractivity contribution in [1.82, 2.24) is 9.38 Å². The molecule has 0 saturated heterocycles. The molecule has 0 atom stereocenters. The lowest BCUT2D eigenvalue weighted by molar-refractivity contribution is 0.413. The van der Waals surface area contributed by atoms with E-state index < -0.39 is 0 Å². The highest BCUT2D eigenvalue weighted by molar-refractivity contribution is 6.29. The molecule has 0 N–H and O–H groups in total. The van der Waals surface area contributed by atoms with Crippen LogP contribution in [0.4, 0.5) is 4.39 Å². The maximum atomic E-state index is 15.3. The monoisotopic (exact) mass is 444 g/mol. The van der Waals surface area contributed by atoms with Gasteiger partial charge in [0.1, 0.15) is 5.82 Å². The topological polar surface area (TPSA) is 17.3 Å². The average Bonchev–Trinajstić information content (AvgIpc) is 3.13. The molecule has 0 aliphatic rings. The third-order valence-corrected chi connectivity index (χ3v) is 7.19. The molecule has 2 nitrogen and oxygen atoms in total. The van der Waals surface area contributed by atoms with Crippen molar-refractivity contribution in [2.75, 3.05) is 0 Å². The molecule has 4 aromatic carbocycles. The Hall–Kier alpha value is -3.72. The van der Waals surface area contributed by atoms with Crippen LogP contribution in [-0.2, 0) is 6.42 Å². The van der Waals surface area contributed by atoms with Crippen LogP contribution in [0.15, 0.2) is 66.9 Å². The standard InChI is InChI=1S/C31H25FN2/c1-17-8-10-20-19(14-17)15-22-28-26-18(12-13-33-28)9-11-21-27-24(32)6-5-7-25(27)34(30(21)26)29(22)23(20)16-31(2,3)4/h5-15H,16H2,1-4H3. The van der Waals surface area contributed by atoms with E-state index in [2.05, 4.69) is 80.6 Å². The molecule has 7 aromatic rings. The van der Waals surface area contributed by atoms with E-state index in [1.807, 2.05) is 12.3 Å². The number of pyridine rings is 2. The maximum absolute atomic E-state index is 15.3. The molecule has 0 fully saturated rings. The van der Waals surface area contributed by atoms with Gasteiger partial charge in [0.15, 0.2) is 0 Å². The van der Waals surface area contributed by atoms with Crippen LogP contribution >= 0.6 is 0 Å². The zero-order valence-corrected chi connectivity index (χ0v) is 19.8. The van der Waals surface area contributed by atoms with Gasteiger partial charge in [-0.25, -0.2) is 4.39 Å². The highest BCUT2D eigenvalue weighted by Gasteiger charge is 2.24. The molecular weight excluding hydrogens is 419 g/mol. The maximum Gasteiger partial charge on any atom is 0.133 e.